The maximum Gasteiger partial charge on any atom is 0.196 e. The normalized spacial score (nSPS) is 21.8. The van der Waals surface area contributed by atoms with Crippen LogP contribution in [0.15, 0.2) is 5.38 Å². The van der Waals surface area contributed by atoms with E-state index in [1.807, 2.05) is 0 Å². The third kappa shape index (κ3) is 2.78. The van der Waals surface area contributed by atoms with Crippen molar-refractivity contribution in [1.29, 1.82) is 0 Å². The highest BCUT2D eigenvalue weighted by Gasteiger charge is 2.23. The van der Waals surface area contributed by atoms with Gasteiger partial charge in [0.15, 0.2) is 10.9 Å². The van der Waals surface area contributed by atoms with Crippen LogP contribution in [-0.2, 0) is 0 Å². The molecule has 0 saturated carbocycles. The lowest BCUT2D eigenvalue weighted by atomic mass is 10.2. The van der Waals surface area contributed by atoms with Gasteiger partial charge in [0.05, 0.1) is 5.88 Å². The van der Waals surface area contributed by atoms with Crippen molar-refractivity contribution >= 4 is 33.9 Å². The molecular weight excluding hydrogens is 258 g/mol. The highest BCUT2D eigenvalue weighted by Crippen LogP contribution is 2.23. The van der Waals surface area contributed by atoms with Crippen LogP contribution in [0.5, 0.6) is 0 Å². The van der Waals surface area contributed by atoms with Gasteiger partial charge < -0.3 is 9.80 Å². The summed E-state index contributed by atoms with van der Waals surface area (Å²) in [5.41, 5.74) is 0.492. The molecule has 0 radical (unpaired) electrons. The van der Waals surface area contributed by atoms with Gasteiger partial charge in [-0.3, -0.25) is 4.79 Å². The standard InChI is InChI=1S/C11H16ClN3OS/c1-8-6-15(4-3-14(8)2)11-13-9(7-17-11)10(16)5-12/h7-8H,3-6H2,1-2H3. The summed E-state index contributed by atoms with van der Waals surface area (Å²) in [6, 6.07) is 0.514. The van der Waals surface area contributed by atoms with Gasteiger partial charge in [-0.2, -0.15) is 0 Å². The number of alkyl halides is 1. The molecule has 1 fully saturated rings. The van der Waals surface area contributed by atoms with Crippen molar-refractivity contribution in [2.24, 2.45) is 0 Å². The number of hydrogen-bond acceptors (Lipinski definition) is 5. The number of halogens is 1. The van der Waals surface area contributed by atoms with Crippen molar-refractivity contribution in [1.82, 2.24) is 9.88 Å². The Morgan fingerprint density at radius 1 is 1.65 bits per heavy atom. The molecule has 1 unspecified atom stereocenters. The number of carbonyl (C=O) groups excluding carboxylic acids is 1. The maximum atomic E-state index is 11.4. The smallest absolute Gasteiger partial charge is 0.196 e. The summed E-state index contributed by atoms with van der Waals surface area (Å²) in [5, 5.41) is 2.72. The molecule has 1 aliphatic rings. The number of hydrogen-bond donors (Lipinski definition) is 0. The second kappa shape index (κ2) is 5.33. The third-order valence-electron chi connectivity index (χ3n) is 3.13. The molecule has 0 amide bonds. The van der Waals surface area contributed by atoms with Crippen molar-refractivity contribution in [3.63, 3.8) is 0 Å². The van der Waals surface area contributed by atoms with E-state index in [1.165, 1.54) is 11.3 Å². The summed E-state index contributed by atoms with van der Waals surface area (Å²) < 4.78 is 0. The van der Waals surface area contributed by atoms with Gasteiger partial charge in [0, 0.05) is 31.1 Å². The molecule has 2 rings (SSSR count). The molecule has 1 aliphatic heterocycles. The minimum atomic E-state index is -0.101. The predicted octanol–water partition coefficient (Wildman–Crippen LogP) is 1.70. The van der Waals surface area contributed by atoms with Crippen LogP contribution in [0.2, 0.25) is 0 Å². The zero-order valence-corrected chi connectivity index (χ0v) is 11.6. The van der Waals surface area contributed by atoms with Gasteiger partial charge in [0.1, 0.15) is 5.69 Å². The number of anilines is 1. The van der Waals surface area contributed by atoms with Crippen LogP contribution in [0.25, 0.3) is 0 Å². The first-order valence-corrected chi connectivity index (χ1v) is 7.03. The molecule has 1 aromatic rings. The zero-order chi connectivity index (χ0) is 12.4. The Morgan fingerprint density at radius 3 is 3.06 bits per heavy atom. The fourth-order valence-corrected chi connectivity index (χ4v) is 2.83. The molecule has 1 atom stereocenters. The fourth-order valence-electron chi connectivity index (χ4n) is 1.83. The van der Waals surface area contributed by atoms with Crippen molar-refractivity contribution in [3.8, 4) is 0 Å². The number of thiazole rings is 1. The topological polar surface area (TPSA) is 36.4 Å². The van der Waals surface area contributed by atoms with E-state index in [9.17, 15) is 4.79 Å². The molecular formula is C11H16ClN3OS. The average molecular weight is 274 g/mol. The monoisotopic (exact) mass is 273 g/mol. The number of piperazine rings is 1. The molecule has 1 aromatic heterocycles. The van der Waals surface area contributed by atoms with E-state index in [0.29, 0.717) is 11.7 Å². The second-order valence-electron chi connectivity index (χ2n) is 4.35. The molecule has 0 N–H and O–H groups in total. The Bertz CT molecular complexity index is 409. The van der Waals surface area contributed by atoms with Crippen LogP contribution in [0.1, 0.15) is 17.4 Å². The first kappa shape index (κ1) is 12.8. The number of rotatable bonds is 3. The quantitative estimate of drug-likeness (QED) is 0.621. The Morgan fingerprint density at radius 2 is 2.41 bits per heavy atom. The minimum Gasteiger partial charge on any atom is -0.345 e. The van der Waals surface area contributed by atoms with Gasteiger partial charge in [0.25, 0.3) is 0 Å². The Labute approximate surface area is 110 Å². The van der Waals surface area contributed by atoms with Crippen LogP contribution in [0.3, 0.4) is 0 Å². The third-order valence-corrected chi connectivity index (χ3v) is 4.27. The van der Waals surface area contributed by atoms with Crippen molar-refractivity contribution in [2.75, 3.05) is 37.5 Å². The zero-order valence-electron chi connectivity index (χ0n) is 10.0. The van der Waals surface area contributed by atoms with Crippen molar-refractivity contribution < 1.29 is 4.79 Å². The average Bonchev–Trinajstić information content (AvgIpc) is 2.81. The Kier molecular flexibility index (Phi) is 4.01. The highest BCUT2D eigenvalue weighted by molar-refractivity contribution is 7.14. The summed E-state index contributed by atoms with van der Waals surface area (Å²) in [4.78, 5) is 20.3. The summed E-state index contributed by atoms with van der Waals surface area (Å²) in [5.74, 6) is -0.0983. The highest BCUT2D eigenvalue weighted by atomic mass is 35.5. The summed E-state index contributed by atoms with van der Waals surface area (Å²) >= 11 is 7.04. The Hall–Kier alpha value is -0.650. The first-order chi connectivity index (χ1) is 8.11. The summed E-state index contributed by atoms with van der Waals surface area (Å²) in [7, 11) is 2.13. The van der Waals surface area contributed by atoms with Crippen LogP contribution >= 0.6 is 22.9 Å². The van der Waals surface area contributed by atoms with Gasteiger partial charge in [-0.05, 0) is 14.0 Å². The van der Waals surface area contributed by atoms with Gasteiger partial charge in [-0.1, -0.05) is 0 Å². The molecule has 17 heavy (non-hydrogen) atoms. The number of Topliss-reactive ketones (excluding diaryl/α,β-unsaturated/α-hetero) is 1. The van der Waals surface area contributed by atoms with E-state index in [0.717, 1.165) is 24.8 Å². The molecule has 0 aromatic carbocycles. The predicted molar refractivity (Wildman–Crippen MR) is 71.5 cm³/mol. The fraction of sp³-hybridized carbons (Fsp3) is 0.636. The molecule has 1 saturated heterocycles. The number of ketones is 1. The lowest BCUT2D eigenvalue weighted by Crippen LogP contribution is -2.50. The van der Waals surface area contributed by atoms with Crippen LogP contribution in [0, 0.1) is 0 Å². The second-order valence-corrected chi connectivity index (χ2v) is 5.45. The van der Waals surface area contributed by atoms with Crippen LogP contribution in [0.4, 0.5) is 5.13 Å². The van der Waals surface area contributed by atoms with E-state index in [1.54, 1.807) is 5.38 Å². The number of nitrogens with zero attached hydrogens (tertiary/aromatic N) is 3. The minimum absolute atomic E-state index is 0.00230. The molecule has 2 heterocycles. The van der Waals surface area contributed by atoms with Gasteiger partial charge in [-0.25, -0.2) is 4.98 Å². The number of carbonyl (C=O) groups is 1. The van der Waals surface area contributed by atoms with Gasteiger partial charge in [0.2, 0.25) is 0 Å². The first-order valence-electron chi connectivity index (χ1n) is 5.61. The van der Waals surface area contributed by atoms with E-state index >= 15 is 0 Å². The van der Waals surface area contributed by atoms with E-state index in [-0.39, 0.29) is 11.7 Å². The van der Waals surface area contributed by atoms with Crippen LogP contribution in [-0.4, -0.2) is 54.3 Å². The van der Waals surface area contributed by atoms with Gasteiger partial charge >= 0.3 is 0 Å². The summed E-state index contributed by atoms with van der Waals surface area (Å²) in [6.45, 7) is 5.14. The lowest BCUT2D eigenvalue weighted by Gasteiger charge is -2.37. The molecule has 0 spiro atoms. The van der Waals surface area contributed by atoms with E-state index in [4.69, 9.17) is 11.6 Å². The van der Waals surface area contributed by atoms with E-state index < -0.39 is 0 Å². The summed E-state index contributed by atoms with van der Waals surface area (Å²) in [6.07, 6.45) is 0. The van der Waals surface area contributed by atoms with Crippen LogP contribution < -0.4 is 4.90 Å². The number of likely N-dealkylation sites (N-methyl/N-ethyl adjacent to an activating group) is 1. The molecule has 94 valence electrons. The molecule has 0 aliphatic carbocycles. The molecule has 4 nitrogen and oxygen atoms in total. The SMILES string of the molecule is CC1CN(c2nc(C(=O)CCl)cs2)CCN1C. The lowest BCUT2D eigenvalue weighted by molar-refractivity contribution is 0.101. The van der Waals surface area contributed by atoms with E-state index in [2.05, 4.69) is 28.8 Å². The number of aromatic nitrogens is 1. The largest absolute Gasteiger partial charge is 0.345 e. The van der Waals surface area contributed by atoms with Crippen molar-refractivity contribution in [3.05, 3.63) is 11.1 Å². The maximum absolute atomic E-state index is 11.4. The van der Waals surface area contributed by atoms with Gasteiger partial charge in [-0.15, -0.1) is 22.9 Å². The molecule has 6 heteroatoms. The Balaban J connectivity index is 2.08. The molecule has 0 bridgehead atoms. The van der Waals surface area contributed by atoms with Crippen molar-refractivity contribution in [2.45, 2.75) is 13.0 Å².